The number of amides is 1. The van der Waals surface area contributed by atoms with Crippen molar-refractivity contribution in [3.8, 4) is 5.75 Å². The van der Waals surface area contributed by atoms with Gasteiger partial charge in [0.05, 0.1) is 12.1 Å². The molecule has 0 unspecified atom stereocenters. The van der Waals surface area contributed by atoms with Crippen molar-refractivity contribution in [2.24, 2.45) is 0 Å². The molecule has 0 bridgehead atoms. The molecule has 24 heavy (non-hydrogen) atoms. The van der Waals surface area contributed by atoms with Crippen LogP contribution in [-0.2, 0) is 11.2 Å². The number of aryl methyl sites for hydroxylation is 1. The van der Waals surface area contributed by atoms with Crippen LogP contribution in [0.1, 0.15) is 42.0 Å². The van der Waals surface area contributed by atoms with Crippen molar-refractivity contribution in [2.75, 3.05) is 13.1 Å². The van der Waals surface area contributed by atoms with Gasteiger partial charge in [0.1, 0.15) is 5.75 Å². The van der Waals surface area contributed by atoms with E-state index in [1.54, 1.807) is 12.1 Å². The summed E-state index contributed by atoms with van der Waals surface area (Å²) in [5.41, 5.74) is 4.57. The predicted molar refractivity (Wildman–Crippen MR) is 91.5 cm³/mol. The largest absolute Gasteiger partial charge is 0.508 e. The van der Waals surface area contributed by atoms with Gasteiger partial charge in [0, 0.05) is 24.3 Å². The van der Waals surface area contributed by atoms with Crippen molar-refractivity contribution in [3.05, 3.63) is 53.4 Å². The van der Waals surface area contributed by atoms with E-state index in [4.69, 9.17) is 0 Å². The summed E-state index contributed by atoms with van der Waals surface area (Å²) in [6.07, 6.45) is 7.74. The second kappa shape index (κ2) is 6.15. The number of fused-ring (bicyclic) bond motifs is 1. The van der Waals surface area contributed by atoms with Gasteiger partial charge in [-0.05, 0) is 49.0 Å². The van der Waals surface area contributed by atoms with Crippen molar-refractivity contribution in [1.29, 1.82) is 0 Å². The Morgan fingerprint density at radius 1 is 1.25 bits per heavy atom. The molecule has 1 aromatic heterocycles. The summed E-state index contributed by atoms with van der Waals surface area (Å²) >= 11 is 0. The lowest BCUT2D eigenvalue weighted by atomic mass is 9.85. The fourth-order valence-corrected chi connectivity index (χ4v) is 3.75. The molecule has 1 atom stereocenters. The Morgan fingerprint density at radius 2 is 2.08 bits per heavy atom. The van der Waals surface area contributed by atoms with E-state index in [-0.39, 0.29) is 17.6 Å². The Kier molecular flexibility index (Phi) is 3.84. The van der Waals surface area contributed by atoms with Crippen LogP contribution < -0.4 is 0 Å². The van der Waals surface area contributed by atoms with Gasteiger partial charge < -0.3 is 10.0 Å². The average Bonchev–Trinajstić information content (AvgIpc) is 3.11. The number of rotatable bonds is 2. The number of aromatic nitrogens is 2. The number of benzene rings is 1. The smallest absolute Gasteiger partial charge is 0.230 e. The van der Waals surface area contributed by atoms with Crippen molar-refractivity contribution in [1.82, 2.24) is 15.1 Å². The highest BCUT2D eigenvalue weighted by Gasteiger charge is 2.31. The van der Waals surface area contributed by atoms with Gasteiger partial charge in [-0.2, -0.15) is 5.10 Å². The second-order valence-corrected chi connectivity index (χ2v) is 6.56. The van der Waals surface area contributed by atoms with Crippen LogP contribution in [0.15, 0.2) is 36.5 Å². The van der Waals surface area contributed by atoms with Crippen molar-refractivity contribution in [2.45, 2.75) is 31.6 Å². The highest BCUT2D eigenvalue weighted by molar-refractivity contribution is 5.85. The highest BCUT2D eigenvalue weighted by atomic mass is 16.3. The standard InChI is InChI=1S/C19H21N3O2/c23-15-6-4-13(5-7-15)14-8-10-22(11-9-14)19(24)16-2-1-3-18-17(16)12-20-21-18/h4-8,12,16,23H,1-3,9-11H2,(H,20,21)/t16-/m1/s1. The Bertz CT molecular complexity index is 776. The van der Waals surface area contributed by atoms with Crippen molar-refractivity contribution < 1.29 is 9.90 Å². The molecule has 1 aliphatic carbocycles. The first-order valence-corrected chi connectivity index (χ1v) is 8.52. The highest BCUT2D eigenvalue weighted by Crippen LogP contribution is 2.33. The molecule has 0 saturated heterocycles. The molecule has 124 valence electrons. The summed E-state index contributed by atoms with van der Waals surface area (Å²) in [6, 6.07) is 7.27. The fraction of sp³-hybridized carbons (Fsp3) is 0.368. The van der Waals surface area contributed by atoms with E-state index in [1.807, 2.05) is 23.2 Å². The third-order valence-corrected chi connectivity index (χ3v) is 5.10. The average molecular weight is 323 g/mol. The van der Waals surface area contributed by atoms with Crippen molar-refractivity contribution in [3.63, 3.8) is 0 Å². The number of aromatic amines is 1. The van der Waals surface area contributed by atoms with Crippen LogP contribution in [0.25, 0.3) is 5.57 Å². The van der Waals surface area contributed by atoms with Gasteiger partial charge in [0.25, 0.3) is 0 Å². The van der Waals surface area contributed by atoms with E-state index in [1.165, 1.54) is 5.57 Å². The van der Waals surface area contributed by atoms with E-state index in [0.717, 1.165) is 49.0 Å². The number of nitrogens with zero attached hydrogens (tertiary/aromatic N) is 2. The lowest BCUT2D eigenvalue weighted by Gasteiger charge is -2.31. The first-order valence-electron chi connectivity index (χ1n) is 8.52. The molecule has 0 saturated carbocycles. The molecule has 1 aromatic carbocycles. The first-order chi connectivity index (χ1) is 11.7. The van der Waals surface area contributed by atoms with Gasteiger partial charge in [-0.25, -0.2) is 0 Å². The molecule has 2 heterocycles. The summed E-state index contributed by atoms with van der Waals surface area (Å²) in [4.78, 5) is 14.9. The minimum absolute atomic E-state index is 0.0453. The summed E-state index contributed by atoms with van der Waals surface area (Å²) in [5.74, 6) is 0.453. The van der Waals surface area contributed by atoms with Crippen LogP contribution in [0, 0.1) is 0 Å². The van der Waals surface area contributed by atoms with Crippen LogP contribution in [0.5, 0.6) is 5.75 Å². The lowest BCUT2D eigenvalue weighted by Crippen LogP contribution is -2.38. The molecule has 5 heteroatoms. The van der Waals surface area contributed by atoms with Gasteiger partial charge in [-0.15, -0.1) is 0 Å². The summed E-state index contributed by atoms with van der Waals surface area (Å²) in [7, 11) is 0. The van der Waals surface area contributed by atoms with E-state index in [9.17, 15) is 9.90 Å². The molecule has 2 aliphatic rings. The molecule has 0 radical (unpaired) electrons. The van der Waals surface area contributed by atoms with Gasteiger partial charge in [0.15, 0.2) is 0 Å². The summed E-state index contributed by atoms with van der Waals surface area (Å²) < 4.78 is 0. The molecule has 1 aliphatic heterocycles. The van der Waals surface area contributed by atoms with Gasteiger partial charge in [-0.3, -0.25) is 9.89 Å². The zero-order valence-electron chi connectivity index (χ0n) is 13.5. The topological polar surface area (TPSA) is 69.2 Å². The monoisotopic (exact) mass is 323 g/mol. The molecule has 4 rings (SSSR count). The SMILES string of the molecule is O=C([C@@H]1CCCc2[nH]ncc21)N1CC=C(c2ccc(O)cc2)CC1. The minimum atomic E-state index is -0.0453. The maximum Gasteiger partial charge on any atom is 0.230 e. The van der Waals surface area contributed by atoms with Crippen LogP contribution in [0.3, 0.4) is 0 Å². The summed E-state index contributed by atoms with van der Waals surface area (Å²) in [6.45, 7) is 1.40. The maximum atomic E-state index is 12.9. The van der Waals surface area contributed by atoms with Crippen molar-refractivity contribution >= 4 is 11.5 Å². The number of carbonyl (C=O) groups is 1. The van der Waals surface area contributed by atoms with Gasteiger partial charge in [0.2, 0.25) is 5.91 Å². The van der Waals surface area contributed by atoms with E-state index >= 15 is 0 Å². The number of H-pyrrole nitrogens is 1. The van der Waals surface area contributed by atoms with Gasteiger partial charge >= 0.3 is 0 Å². The molecule has 1 amide bonds. The number of phenolic OH excluding ortho intramolecular Hbond substituents is 1. The fourth-order valence-electron chi connectivity index (χ4n) is 3.75. The second-order valence-electron chi connectivity index (χ2n) is 6.56. The number of hydrogen-bond donors (Lipinski definition) is 2. The Morgan fingerprint density at radius 3 is 2.83 bits per heavy atom. The summed E-state index contributed by atoms with van der Waals surface area (Å²) in [5, 5.41) is 16.5. The number of nitrogens with one attached hydrogen (secondary N) is 1. The van der Waals surface area contributed by atoms with Crippen LogP contribution in [-0.4, -0.2) is 39.2 Å². The first kappa shape index (κ1) is 15.0. The zero-order chi connectivity index (χ0) is 16.5. The van der Waals surface area contributed by atoms with Crippen LogP contribution in [0.2, 0.25) is 0 Å². The Labute approximate surface area is 141 Å². The predicted octanol–water partition coefficient (Wildman–Crippen LogP) is 2.85. The van der Waals surface area contributed by atoms with Gasteiger partial charge in [-0.1, -0.05) is 18.2 Å². The van der Waals surface area contributed by atoms with Crippen LogP contribution in [0.4, 0.5) is 0 Å². The molecular weight excluding hydrogens is 302 g/mol. The number of phenols is 1. The quantitative estimate of drug-likeness (QED) is 0.893. The third-order valence-electron chi connectivity index (χ3n) is 5.10. The third kappa shape index (κ3) is 2.70. The maximum absolute atomic E-state index is 12.9. The van der Waals surface area contributed by atoms with E-state index in [0.29, 0.717) is 6.54 Å². The molecule has 2 aromatic rings. The van der Waals surface area contributed by atoms with E-state index < -0.39 is 0 Å². The Balaban J connectivity index is 1.48. The number of aromatic hydroxyl groups is 1. The molecule has 0 fully saturated rings. The van der Waals surface area contributed by atoms with E-state index in [2.05, 4.69) is 16.3 Å². The number of carbonyl (C=O) groups excluding carboxylic acids is 1. The van der Waals surface area contributed by atoms with Crippen LogP contribution >= 0.6 is 0 Å². The number of hydrogen-bond acceptors (Lipinski definition) is 3. The molecule has 5 nitrogen and oxygen atoms in total. The molecule has 0 spiro atoms. The normalized spacial score (nSPS) is 20.4. The lowest BCUT2D eigenvalue weighted by molar-refractivity contribution is -0.132. The molecular formula is C19H21N3O2. The minimum Gasteiger partial charge on any atom is -0.508 e. The molecule has 2 N–H and O–H groups in total. The zero-order valence-corrected chi connectivity index (χ0v) is 13.5. The Hall–Kier alpha value is -2.56.